The minimum absolute atomic E-state index is 0.317. The van der Waals surface area contributed by atoms with E-state index in [-0.39, 0.29) is 0 Å². The summed E-state index contributed by atoms with van der Waals surface area (Å²) in [6.07, 6.45) is 1.21. The molecule has 1 aliphatic rings. The van der Waals surface area contributed by atoms with Gasteiger partial charge < -0.3 is 5.32 Å². The molecule has 0 aromatic carbocycles. The molecular weight excluding hydrogens is 184 g/mol. The van der Waals surface area contributed by atoms with Gasteiger partial charge in [-0.1, -0.05) is 27.7 Å². The molecule has 0 spiro atoms. The molecule has 2 atom stereocenters. The van der Waals surface area contributed by atoms with Crippen LogP contribution in [0.15, 0.2) is 0 Å². The van der Waals surface area contributed by atoms with E-state index in [9.17, 15) is 0 Å². The van der Waals surface area contributed by atoms with Crippen LogP contribution < -0.4 is 5.32 Å². The van der Waals surface area contributed by atoms with Crippen LogP contribution in [0, 0.1) is 5.41 Å². The zero-order valence-electron chi connectivity index (χ0n) is 11.4. The minimum Gasteiger partial charge on any atom is -0.309 e. The van der Waals surface area contributed by atoms with Gasteiger partial charge in [0.2, 0.25) is 0 Å². The summed E-state index contributed by atoms with van der Waals surface area (Å²) in [5, 5.41) is 3.67. The summed E-state index contributed by atoms with van der Waals surface area (Å²) in [6.45, 7) is 17.4. The van der Waals surface area contributed by atoms with Crippen LogP contribution in [0.3, 0.4) is 0 Å². The molecule has 2 heteroatoms. The maximum Gasteiger partial charge on any atom is 0.0278 e. The van der Waals surface area contributed by atoms with Gasteiger partial charge in [-0.3, -0.25) is 4.90 Å². The highest BCUT2D eigenvalue weighted by Crippen LogP contribution is 2.23. The molecule has 2 unspecified atom stereocenters. The lowest BCUT2D eigenvalue weighted by atomic mass is 9.90. The molecular formula is C13H28N2. The molecule has 2 nitrogen and oxygen atoms in total. The Kier molecular flexibility index (Phi) is 3.83. The molecule has 1 heterocycles. The van der Waals surface area contributed by atoms with Crippen LogP contribution >= 0.6 is 0 Å². The maximum absolute atomic E-state index is 3.67. The highest BCUT2D eigenvalue weighted by Gasteiger charge is 2.33. The van der Waals surface area contributed by atoms with E-state index in [1.807, 2.05) is 0 Å². The van der Waals surface area contributed by atoms with Crippen LogP contribution in [0.1, 0.15) is 48.0 Å². The lowest BCUT2D eigenvalue weighted by Gasteiger charge is -2.47. The highest BCUT2D eigenvalue weighted by atomic mass is 15.2. The van der Waals surface area contributed by atoms with Crippen molar-refractivity contribution in [3.05, 3.63) is 0 Å². The van der Waals surface area contributed by atoms with Gasteiger partial charge in [-0.05, 0) is 25.7 Å². The van der Waals surface area contributed by atoms with Crippen LogP contribution in [0.25, 0.3) is 0 Å². The zero-order chi connectivity index (χ0) is 11.7. The highest BCUT2D eigenvalue weighted by molar-refractivity contribution is 4.93. The first-order valence-electron chi connectivity index (χ1n) is 6.25. The van der Waals surface area contributed by atoms with E-state index in [0.717, 1.165) is 6.54 Å². The Balaban J connectivity index is 2.62. The summed E-state index contributed by atoms with van der Waals surface area (Å²) < 4.78 is 0. The molecule has 1 aliphatic heterocycles. The van der Waals surface area contributed by atoms with E-state index in [1.165, 1.54) is 19.5 Å². The number of nitrogens with zero attached hydrogens (tertiary/aromatic N) is 1. The molecule has 0 aliphatic carbocycles. The molecule has 90 valence electrons. The van der Waals surface area contributed by atoms with Crippen LogP contribution in [-0.4, -0.2) is 36.1 Å². The largest absolute Gasteiger partial charge is 0.309 e. The lowest BCUT2D eigenvalue weighted by molar-refractivity contribution is 0.0634. The fourth-order valence-electron chi connectivity index (χ4n) is 2.24. The average Bonchev–Trinajstić information content (AvgIpc) is 2.09. The Morgan fingerprint density at radius 1 is 1.40 bits per heavy atom. The second-order valence-electron chi connectivity index (χ2n) is 6.61. The smallest absolute Gasteiger partial charge is 0.0278 e. The second-order valence-corrected chi connectivity index (χ2v) is 6.61. The molecule has 0 radical (unpaired) electrons. The van der Waals surface area contributed by atoms with Crippen molar-refractivity contribution in [3.8, 4) is 0 Å². The van der Waals surface area contributed by atoms with E-state index in [1.54, 1.807) is 0 Å². The van der Waals surface area contributed by atoms with E-state index < -0.39 is 0 Å². The predicted molar refractivity (Wildman–Crippen MR) is 67.2 cm³/mol. The SMILES string of the molecule is CCC1(C)CN(CC(C)(C)C)C(C)CN1. The Morgan fingerprint density at radius 2 is 2.00 bits per heavy atom. The zero-order valence-corrected chi connectivity index (χ0v) is 11.4. The van der Waals surface area contributed by atoms with E-state index in [2.05, 4.69) is 51.8 Å². The number of piperazine rings is 1. The molecule has 1 saturated heterocycles. The number of rotatable bonds is 2. The fourth-order valence-corrected chi connectivity index (χ4v) is 2.24. The summed E-state index contributed by atoms with van der Waals surface area (Å²) >= 11 is 0. The first-order chi connectivity index (χ1) is 6.76. The van der Waals surface area contributed by atoms with Gasteiger partial charge in [0.25, 0.3) is 0 Å². The molecule has 0 saturated carbocycles. The molecule has 15 heavy (non-hydrogen) atoms. The first kappa shape index (κ1) is 13.0. The summed E-state index contributed by atoms with van der Waals surface area (Å²) in [5.74, 6) is 0. The first-order valence-corrected chi connectivity index (χ1v) is 6.25. The topological polar surface area (TPSA) is 15.3 Å². The van der Waals surface area contributed by atoms with Crippen LogP contribution in [-0.2, 0) is 0 Å². The number of hydrogen-bond acceptors (Lipinski definition) is 2. The Bertz CT molecular complexity index is 207. The van der Waals surface area contributed by atoms with Crippen LogP contribution in [0.2, 0.25) is 0 Å². The van der Waals surface area contributed by atoms with E-state index in [0.29, 0.717) is 17.0 Å². The van der Waals surface area contributed by atoms with Gasteiger partial charge in [0.1, 0.15) is 0 Å². The van der Waals surface area contributed by atoms with Crippen molar-refractivity contribution in [2.24, 2.45) is 5.41 Å². The van der Waals surface area contributed by atoms with Crippen molar-refractivity contribution in [2.75, 3.05) is 19.6 Å². The molecule has 1 rings (SSSR count). The lowest BCUT2D eigenvalue weighted by Crippen LogP contribution is -2.62. The Hall–Kier alpha value is -0.0800. The van der Waals surface area contributed by atoms with Crippen molar-refractivity contribution >= 4 is 0 Å². The van der Waals surface area contributed by atoms with E-state index in [4.69, 9.17) is 0 Å². The predicted octanol–water partition coefficient (Wildman–Crippen LogP) is 2.49. The fraction of sp³-hybridized carbons (Fsp3) is 1.00. The van der Waals surface area contributed by atoms with Gasteiger partial charge in [-0.15, -0.1) is 0 Å². The third-order valence-corrected chi connectivity index (χ3v) is 3.46. The minimum atomic E-state index is 0.317. The quantitative estimate of drug-likeness (QED) is 0.756. The normalized spacial score (nSPS) is 34.4. The van der Waals surface area contributed by atoms with Crippen LogP contribution in [0.4, 0.5) is 0 Å². The maximum atomic E-state index is 3.67. The van der Waals surface area contributed by atoms with Crippen molar-refractivity contribution in [3.63, 3.8) is 0 Å². The van der Waals surface area contributed by atoms with E-state index >= 15 is 0 Å². The van der Waals surface area contributed by atoms with Gasteiger partial charge in [0.05, 0.1) is 0 Å². The molecule has 0 aromatic rings. The van der Waals surface area contributed by atoms with Crippen LogP contribution in [0.5, 0.6) is 0 Å². The number of nitrogens with one attached hydrogen (secondary N) is 1. The van der Waals surface area contributed by atoms with Gasteiger partial charge in [0.15, 0.2) is 0 Å². The standard InChI is InChI=1S/C13H28N2/c1-7-13(6)10-15(9-12(3,4)5)11(2)8-14-13/h11,14H,7-10H2,1-6H3. The van der Waals surface area contributed by atoms with Crippen molar-refractivity contribution < 1.29 is 0 Å². The summed E-state index contributed by atoms with van der Waals surface area (Å²) in [5.41, 5.74) is 0.720. The van der Waals surface area contributed by atoms with Crippen molar-refractivity contribution in [2.45, 2.75) is 59.5 Å². The molecule has 1 N–H and O–H groups in total. The van der Waals surface area contributed by atoms with Crippen molar-refractivity contribution in [1.29, 1.82) is 0 Å². The Labute approximate surface area is 95.4 Å². The van der Waals surface area contributed by atoms with Gasteiger partial charge >= 0.3 is 0 Å². The summed E-state index contributed by atoms with van der Waals surface area (Å²) in [4.78, 5) is 2.64. The molecule has 0 amide bonds. The average molecular weight is 212 g/mol. The van der Waals surface area contributed by atoms with Gasteiger partial charge in [-0.2, -0.15) is 0 Å². The monoisotopic (exact) mass is 212 g/mol. The third-order valence-electron chi connectivity index (χ3n) is 3.46. The molecule has 0 aromatic heterocycles. The second kappa shape index (κ2) is 4.42. The van der Waals surface area contributed by atoms with Crippen molar-refractivity contribution in [1.82, 2.24) is 10.2 Å². The molecule has 1 fully saturated rings. The summed E-state index contributed by atoms with van der Waals surface area (Å²) in [6, 6.07) is 0.670. The van der Waals surface area contributed by atoms with Gasteiger partial charge in [-0.25, -0.2) is 0 Å². The summed E-state index contributed by atoms with van der Waals surface area (Å²) in [7, 11) is 0. The molecule has 0 bridgehead atoms. The number of hydrogen-bond donors (Lipinski definition) is 1. The Morgan fingerprint density at radius 3 is 2.47 bits per heavy atom. The van der Waals surface area contributed by atoms with Gasteiger partial charge in [0, 0.05) is 31.2 Å². The third kappa shape index (κ3) is 3.76.